The number of rotatable bonds is 9. The molecule has 7 heteroatoms. The summed E-state index contributed by atoms with van der Waals surface area (Å²) < 4.78 is 7.01. The summed E-state index contributed by atoms with van der Waals surface area (Å²) in [4.78, 5) is 27.6. The Kier molecular flexibility index (Phi) is 8.10. The van der Waals surface area contributed by atoms with Crippen LogP contribution in [-0.4, -0.2) is 46.7 Å². The predicted molar refractivity (Wildman–Crippen MR) is 135 cm³/mol. The lowest BCUT2D eigenvalue weighted by atomic mass is 10.1. The Labute approximate surface area is 201 Å². The molecule has 34 heavy (non-hydrogen) atoms. The zero-order valence-electron chi connectivity index (χ0n) is 20.8. The number of aromatic nitrogens is 2. The molecule has 0 saturated heterocycles. The van der Waals surface area contributed by atoms with Gasteiger partial charge in [0.05, 0.1) is 25.0 Å². The topological polar surface area (TPSA) is 76.5 Å². The van der Waals surface area contributed by atoms with Crippen LogP contribution in [0.3, 0.4) is 0 Å². The molecule has 0 aliphatic carbocycles. The van der Waals surface area contributed by atoms with Gasteiger partial charge in [0.1, 0.15) is 11.6 Å². The minimum atomic E-state index is -0.263. The van der Waals surface area contributed by atoms with Crippen LogP contribution in [-0.2, 0) is 9.59 Å². The van der Waals surface area contributed by atoms with E-state index in [9.17, 15) is 9.59 Å². The SMILES string of the molecule is COc1ccc(-n2nc(C)c(-c3ccccc3)c2NC(=O)CN(CC(C)C)C(=O)C(C)C)cc1. The highest BCUT2D eigenvalue weighted by Gasteiger charge is 2.24. The number of nitrogens with one attached hydrogen (secondary N) is 1. The van der Waals surface area contributed by atoms with Gasteiger partial charge in [0.2, 0.25) is 11.8 Å². The summed E-state index contributed by atoms with van der Waals surface area (Å²) in [5.41, 5.74) is 3.37. The number of hydrogen-bond donors (Lipinski definition) is 1. The van der Waals surface area contributed by atoms with Gasteiger partial charge in [-0.3, -0.25) is 9.59 Å². The quantitative estimate of drug-likeness (QED) is 0.489. The van der Waals surface area contributed by atoms with Crippen LogP contribution < -0.4 is 10.1 Å². The van der Waals surface area contributed by atoms with Crippen LogP contribution in [0.15, 0.2) is 54.6 Å². The number of amides is 2. The van der Waals surface area contributed by atoms with E-state index in [1.807, 2.05) is 89.2 Å². The van der Waals surface area contributed by atoms with Gasteiger partial charge in [0, 0.05) is 18.0 Å². The van der Waals surface area contributed by atoms with E-state index in [0.717, 1.165) is 28.3 Å². The maximum Gasteiger partial charge on any atom is 0.245 e. The van der Waals surface area contributed by atoms with Gasteiger partial charge in [0.15, 0.2) is 0 Å². The summed E-state index contributed by atoms with van der Waals surface area (Å²) in [5, 5.41) is 7.80. The number of aryl methyl sites for hydroxylation is 1. The molecule has 180 valence electrons. The average molecular weight is 463 g/mol. The molecule has 0 radical (unpaired) electrons. The Morgan fingerprint density at radius 1 is 1.03 bits per heavy atom. The molecule has 3 rings (SSSR count). The van der Waals surface area contributed by atoms with Crippen LogP contribution in [0, 0.1) is 18.8 Å². The molecular formula is C27H34N4O3. The van der Waals surface area contributed by atoms with Gasteiger partial charge in [-0.05, 0) is 42.7 Å². The van der Waals surface area contributed by atoms with Gasteiger partial charge >= 0.3 is 0 Å². The third-order valence-corrected chi connectivity index (χ3v) is 5.42. The first-order chi connectivity index (χ1) is 16.2. The second-order valence-electron chi connectivity index (χ2n) is 9.10. The van der Waals surface area contributed by atoms with Crippen LogP contribution in [0.2, 0.25) is 0 Å². The lowest BCUT2D eigenvalue weighted by molar-refractivity contribution is -0.138. The summed E-state index contributed by atoms with van der Waals surface area (Å²) in [6.07, 6.45) is 0. The molecule has 0 atom stereocenters. The molecule has 1 aromatic heterocycles. The first kappa shape index (κ1) is 25.0. The molecule has 1 heterocycles. The molecule has 3 aromatic rings. The van der Waals surface area contributed by atoms with Crippen molar-refractivity contribution in [2.45, 2.75) is 34.6 Å². The third kappa shape index (κ3) is 5.84. The van der Waals surface area contributed by atoms with E-state index in [4.69, 9.17) is 9.84 Å². The highest BCUT2D eigenvalue weighted by Crippen LogP contribution is 2.33. The predicted octanol–water partition coefficient (Wildman–Crippen LogP) is 4.94. The van der Waals surface area contributed by atoms with Crippen molar-refractivity contribution in [3.8, 4) is 22.6 Å². The zero-order valence-corrected chi connectivity index (χ0v) is 20.8. The van der Waals surface area contributed by atoms with E-state index in [1.54, 1.807) is 16.7 Å². The van der Waals surface area contributed by atoms with E-state index in [2.05, 4.69) is 5.32 Å². The normalized spacial score (nSPS) is 11.1. The number of anilines is 1. The second-order valence-corrected chi connectivity index (χ2v) is 9.10. The number of ether oxygens (including phenoxy) is 1. The fourth-order valence-corrected chi connectivity index (χ4v) is 3.89. The number of methoxy groups -OCH3 is 1. The number of carbonyl (C=O) groups is 2. The van der Waals surface area contributed by atoms with E-state index in [1.165, 1.54) is 0 Å². The van der Waals surface area contributed by atoms with Crippen LogP contribution in [0.1, 0.15) is 33.4 Å². The smallest absolute Gasteiger partial charge is 0.245 e. The maximum absolute atomic E-state index is 13.2. The number of carbonyl (C=O) groups excluding carboxylic acids is 2. The van der Waals surface area contributed by atoms with Gasteiger partial charge in [-0.25, -0.2) is 4.68 Å². The standard InChI is InChI=1S/C27H34N4O3/c1-18(2)16-30(27(33)19(3)4)17-24(32)28-26-25(21-10-8-7-9-11-21)20(5)29-31(26)22-12-14-23(34-6)15-13-22/h7-15,18-19H,16-17H2,1-6H3,(H,28,32). The van der Waals surface area contributed by atoms with E-state index in [-0.39, 0.29) is 30.2 Å². The van der Waals surface area contributed by atoms with Crippen molar-refractivity contribution in [1.29, 1.82) is 0 Å². The molecule has 0 aliphatic heterocycles. The molecule has 2 amide bonds. The monoisotopic (exact) mass is 462 g/mol. The molecule has 0 spiro atoms. The van der Waals surface area contributed by atoms with Crippen molar-refractivity contribution in [1.82, 2.24) is 14.7 Å². The Bertz CT molecular complexity index is 1120. The summed E-state index contributed by atoms with van der Waals surface area (Å²) in [6, 6.07) is 17.3. The van der Waals surface area contributed by atoms with Gasteiger partial charge < -0.3 is 15.0 Å². The van der Waals surface area contributed by atoms with Crippen molar-refractivity contribution in [3.63, 3.8) is 0 Å². The minimum absolute atomic E-state index is 0.0176. The van der Waals surface area contributed by atoms with Crippen LogP contribution in [0.5, 0.6) is 5.75 Å². The van der Waals surface area contributed by atoms with Crippen molar-refractivity contribution >= 4 is 17.6 Å². The molecular weight excluding hydrogens is 428 g/mol. The van der Waals surface area contributed by atoms with Gasteiger partial charge in [-0.2, -0.15) is 5.10 Å². The summed E-state index contributed by atoms with van der Waals surface area (Å²) in [7, 11) is 1.62. The summed E-state index contributed by atoms with van der Waals surface area (Å²) in [6.45, 7) is 10.2. The van der Waals surface area contributed by atoms with Gasteiger partial charge in [-0.15, -0.1) is 0 Å². The number of benzene rings is 2. The number of nitrogens with zero attached hydrogens (tertiary/aromatic N) is 3. The minimum Gasteiger partial charge on any atom is -0.497 e. The molecule has 0 unspecified atom stereocenters. The Morgan fingerprint density at radius 2 is 1.68 bits per heavy atom. The van der Waals surface area contributed by atoms with Crippen molar-refractivity contribution in [2.24, 2.45) is 11.8 Å². The lowest BCUT2D eigenvalue weighted by Crippen LogP contribution is -2.42. The second kappa shape index (κ2) is 11.0. The molecule has 0 bridgehead atoms. The molecule has 2 aromatic carbocycles. The van der Waals surface area contributed by atoms with Gasteiger partial charge in [0.25, 0.3) is 0 Å². The Balaban J connectivity index is 2.00. The molecule has 1 N–H and O–H groups in total. The van der Waals surface area contributed by atoms with Crippen molar-refractivity contribution < 1.29 is 14.3 Å². The van der Waals surface area contributed by atoms with Crippen LogP contribution in [0.25, 0.3) is 16.8 Å². The van der Waals surface area contributed by atoms with Crippen molar-refractivity contribution in [3.05, 3.63) is 60.3 Å². The molecule has 0 fully saturated rings. The first-order valence-electron chi connectivity index (χ1n) is 11.6. The first-order valence-corrected chi connectivity index (χ1v) is 11.6. The summed E-state index contributed by atoms with van der Waals surface area (Å²) >= 11 is 0. The van der Waals surface area contributed by atoms with Crippen LogP contribution in [0.4, 0.5) is 5.82 Å². The fourth-order valence-electron chi connectivity index (χ4n) is 3.89. The van der Waals surface area contributed by atoms with Gasteiger partial charge in [-0.1, -0.05) is 58.0 Å². The average Bonchev–Trinajstić information content (AvgIpc) is 3.13. The lowest BCUT2D eigenvalue weighted by Gasteiger charge is -2.26. The maximum atomic E-state index is 13.2. The largest absolute Gasteiger partial charge is 0.497 e. The molecule has 0 saturated carbocycles. The Morgan fingerprint density at radius 3 is 2.24 bits per heavy atom. The van der Waals surface area contributed by atoms with E-state index < -0.39 is 0 Å². The fraction of sp³-hybridized carbons (Fsp3) is 0.370. The van der Waals surface area contributed by atoms with Crippen molar-refractivity contribution in [2.75, 3.05) is 25.5 Å². The summed E-state index contributed by atoms with van der Waals surface area (Å²) in [5.74, 6) is 1.08. The molecule has 7 nitrogen and oxygen atoms in total. The Hall–Kier alpha value is -3.61. The highest BCUT2D eigenvalue weighted by atomic mass is 16.5. The highest BCUT2D eigenvalue weighted by molar-refractivity contribution is 5.98. The van der Waals surface area contributed by atoms with E-state index >= 15 is 0 Å². The van der Waals surface area contributed by atoms with E-state index in [0.29, 0.717) is 12.4 Å². The van der Waals surface area contributed by atoms with Crippen LogP contribution >= 0.6 is 0 Å². The molecule has 0 aliphatic rings. The zero-order chi connectivity index (χ0) is 24.8. The number of hydrogen-bond acceptors (Lipinski definition) is 4. The third-order valence-electron chi connectivity index (χ3n) is 5.42.